The Balaban J connectivity index is 1.64. The number of nitrogens with zero attached hydrogens (tertiary/aromatic N) is 2. The number of imidazole rings is 1. The average Bonchev–Trinajstić information content (AvgIpc) is 2.92. The van der Waals surface area contributed by atoms with Crippen LogP contribution >= 0.6 is 23.1 Å². The highest BCUT2D eigenvalue weighted by molar-refractivity contribution is 7.99. The van der Waals surface area contributed by atoms with E-state index in [2.05, 4.69) is 45.7 Å². The summed E-state index contributed by atoms with van der Waals surface area (Å²) in [6.07, 6.45) is 4.17. The molecular weight excluding hydrogens is 274 g/mol. The summed E-state index contributed by atoms with van der Waals surface area (Å²) >= 11 is 3.86. The first-order valence-electron chi connectivity index (χ1n) is 7.00. The molecule has 1 N–H and O–H groups in total. The van der Waals surface area contributed by atoms with Gasteiger partial charge in [0.25, 0.3) is 0 Å². The van der Waals surface area contributed by atoms with Crippen LogP contribution < -0.4 is 5.32 Å². The molecule has 0 aromatic carbocycles. The van der Waals surface area contributed by atoms with Crippen LogP contribution in [0.5, 0.6) is 0 Å². The summed E-state index contributed by atoms with van der Waals surface area (Å²) in [5.41, 5.74) is 3.79. The zero-order valence-corrected chi connectivity index (χ0v) is 13.2. The predicted molar refractivity (Wildman–Crippen MR) is 84.3 cm³/mol. The van der Waals surface area contributed by atoms with Gasteiger partial charge in [-0.25, -0.2) is 4.98 Å². The van der Waals surface area contributed by atoms with Crippen LogP contribution in [0.2, 0.25) is 0 Å². The van der Waals surface area contributed by atoms with Crippen molar-refractivity contribution < 1.29 is 0 Å². The maximum atomic E-state index is 4.64. The Labute approximate surface area is 122 Å². The summed E-state index contributed by atoms with van der Waals surface area (Å²) in [6, 6.07) is 0. The number of fused-ring (bicyclic) bond motifs is 1. The normalized spacial score (nSPS) is 20.2. The van der Waals surface area contributed by atoms with E-state index in [4.69, 9.17) is 0 Å². The van der Waals surface area contributed by atoms with Crippen molar-refractivity contribution in [1.29, 1.82) is 0 Å². The molecule has 19 heavy (non-hydrogen) atoms. The van der Waals surface area contributed by atoms with E-state index in [1.54, 1.807) is 11.3 Å². The van der Waals surface area contributed by atoms with Crippen molar-refractivity contribution in [3.05, 3.63) is 22.5 Å². The van der Waals surface area contributed by atoms with Crippen LogP contribution in [0.1, 0.15) is 36.3 Å². The minimum Gasteiger partial charge on any atom is -0.310 e. The number of thiazole rings is 1. The van der Waals surface area contributed by atoms with Gasteiger partial charge in [-0.3, -0.25) is 4.40 Å². The molecule has 5 heteroatoms. The van der Waals surface area contributed by atoms with Crippen LogP contribution in [0.4, 0.5) is 0 Å². The zero-order chi connectivity index (χ0) is 13.2. The molecule has 3 rings (SSSR count). The van der Waals surface area contributed by atoms with E-state index in [1.807, 2.05) is 0 Å². The van der Waals surface area contributed by atoms with Gasteiger partial charge >= 0.3 is 0 Å². The van der Waals surface area contributed by atoms with Gasteiger partial charge in [0.2, 0.25) is 0 Å². The molecule has 0 bridgehead atoms. The number of aromatic nitrogens is 2. The first-order chi connectivity index (χ1) is 9.25. The van der Waals surface area contributed by atoms with E-state index in [1.165, 1.54) is 42.1 Å². The number of hydrogen-bond donors (Lipinski definition) is 1. The molecule has 104 valence electrons. The number of aryl methyl sites for hydroxylation is 2. The molecule has 1 saturated heterocycles. The van der Waals surface area contributed by atoms with E-state index in [9.17, 15) is 0 Å². The number of hydrogen-bond acceptors (Lipinski definition) is 4. The van der Waals surface area contributed by atoms with Gasteiger partial charge in [-0.1, -0.05) is 6.42 Å². The zero-order valence-electron chi connectivity index (χ0n) is 11.6. The highest BCUT2D eigenvalue weighted by Crippen LogP contribution is 2.24. The van der Waals surface area contributed by atoms with E-state index < -0.39 is 0 Å². The van der Waals surface area contributed by atoms with Gasteiger partial charge in [0, 0.05) is 29.4 Å². The molecule has 1 unspecified atom stereocenters. The second kappa shape index (κ2) is 5.85. The van der Waals surface area contributed by atoms with Crippen LogP contribution in [0.15, 0.2) is 5.38 Å². The van der Waals surface area contributed by atoms with Gasteiger partial charge in [-0.15, -0.1) is 11.3 Å². The summed E-state index contributed by atoms with van der Waals surface area (Å²) in [5.74, 6) is 1.34. The van der Waals surface area contributed by atoms with Crippen LogP contribution in [-0.4, -0.2) is 26.9 Å². The molecule has 0 radical (unpaired) electrons. The molecule has 0 saturated carbocycles. The van der Waals surface area contributed by atoms with Crippen molar-refractivity contribution >= 4 is 28.1 Å². The van der Waals surface area contributed by atoms with E-state index >= 15 is 0 Å². The Bertz CT molecular complexity index is 552. The SMILES string of the molecule is Cc1nc2scc(C)n2c1CNCC1CCCCS1. The third-order valence-electron chi connectivity index (χ3n) is 3.77. The van der Waals surface area contributed by atoms with Crippen molar-refractivity contribution in [3.8, 4) is 0 Å². The second-order valence-corrected chi connectivity index (χ2v) is 7.50. The molecule has 1 atom stereocenters. The lowest BCUT2D eigenvalue weighted by molar-refractivity contribution is 0.591. The molecule has 0 aliphatic carbocycles. The third-order valence-corrected chi connectivity index (χ3v) is 6.11. The maximum absolute atomic E-state index is 4.64. The molecule has 3 heterocycles. The van der Waals surface area contributed by atoms with Gasteiger partial charge < -0.3 is 5.32 Å². The van der Waals surface area contributed by atoms with E-state index in [0.717, 1.165) is 23.3 Å². The van der Waals surface area contributed by atoms with Crippen LogP contribution in [0.25, 0.3) is 4.96 Å². The van der Waals surface area contributed by atoms with Crippen LogP contribution in [0.3, 0.4) is 0 Å². The number of nitrogens with one attached hydrogen (secondary N) is 1. The van der Waals surface area contributed by atoms with Crippen molar-refractivity contribution in [1.82, 2.24) is 14.7 Å². The second-order valence-electron chi connectivity index (χ2n) is 5.26. The molecular formula is C14H21N3S2. The van der Waals surface area contributed by atoms with Crippen molar-refractivity contribution in [2.75, 3.05) is 12.3 Å². The third kappa shape index (κ3) is 2.83. The minimum atomic E-state index is 0.807. The summed E-state index contributed by atoms with van der Waals surface area (Å²) < 4.78 is 2.29. The van der Waals surface area contributed by atoms with E-state index in [-0.39, 0.29) is 0 Å². The topological polar surface area (TPSA) is 29.3 Å². The summed E-state index contributed by atoms with van der Waals surface area (Å²) in [6.45, 7) is 6.33. The maximum Gasteiger partial charge on any atom is 0.194 e. The van der Waals surface area contributed by atoms with Crippen LogP contribution in [0, 0.1) is 13.8 Å². The van der Waals surface area contributed by atoms with Gasteiger partial charge in [0.15, 0.2) is 4.96 Å². The fourth-order valence-electron chi connectivity index (χ4n) is 2.70. The first kappa shape index (κ1) is 13.5. The lowest BCUT2D eigenvalue weighted by atomic mass is 10.2. The molecule has 2 aromatic rings. The van der Waals surface area contributed by atoms with Crippen molar-refractivity contribution in [3.63, 3.8) is 0 Å². The Kier molecular flexibility index (Phi) is 4.15. The molecule has 2 aromatic heterocycles. The van der Waals surface area contributed by atoms with E-state index in [0.29, 0.717) is 0 Å². The van der Waals surface area contributed by atoms with Gasteiger partial charge in [-0.2, -0.15) is 11.8 Å². The fourth-order valence-corrected chi connectivity index (χ4v) is 4.90. The average molecular weight is 295 g/mol. The Morgan fingerprint density at radius 3 is 3.11 bits per heavy atom. The molecule has 1 fully saturated rings. The smallest absolute Gasteiger partial charge is 0.194 e. The first-order valence-corrected chi connectivity index (χ1v) is 8.93. The Morgan fingerprint density at radius 1 is 1.42 bits per heavy atom. The lowest BCUT2D eigenvalue weighted by Gasteiger charge is -2.21. The number of thioether (sulfide) groups is 1. The summed E-state index contributed by atoms with van der Waals surface area (Å²) in [7, 11) is 0. The molecule has 1 aliphatic heterocycles. The molecule has 3 nitrogen and oxygen atoms in total. The Morgan fingerprint density at radius 2 is 2.32 bits per heavy atom. The van der Waals surface area contributed by atoms with Gasteiger partial charge in [0.1, 0.15) is 0 Å². The largest absolute Gasteiger partial charge is 0.310 e. The van der Waals surface area contributed by atoms with Crippen molar-refractivity contribution in [2.45, 2.75) is 44.9 Å². The quantitative estimate of drug-likeness (QED) is 0.937. The summed E-state index contributed by atoms with van der Waals surface area (Å²) in [4.78, 5) is 5.76. The molecule has 0 amide bonds. The summed E-state index contributed by atoms with van der Waals surface area (Å²) in [5, 5.41) is 6.62. The monoisotopic (exact) mass is 295 g/mol. The van der Waals surface area contributed by atoms with Gasteiger partial charge in [-0.05, 0) is 32.4 Å². The van der Waals surface area contributed by atoms with Gasteiger partial charge in [0.05, 0.1) is 11.4 Å². The predicted octanol–water partition coefficient (Wildman–Crippen LogP) is 3.39. The highest BCUT2D eigenvalue weighted by atomic mass is 32.2. The minimum absolute atomic E-state index is 0.807. The van der Waals surface area contributed by atoms with Crippen LogP contribution in [-0.2, 0) is 6.54 Å². The molecule has 1 aliphatic rings. The van der Waals surface area contributed by atoms with Crippen molar-refractivity contribution in [2.24, 2.45) is 0 Å². The standard InChI is InChI=1S/C14H21N3S2/c1-10-9-19-14-16-11(2)13(17(10)14)8-15-7-12-5-3-4-6-18-12/h9,12,15H,3-8H2,1-2H3. The lowest BCUT2D eigenvalue weighted by Crippen LogP contribution is -2.27. The molecule has 0 spiro atoms. The number of rotatable bonds is 4. The fraction of sp³-hybridized carbons (Fsp3) is 0.643. The Hall–Kier alpha value is -0.520. The highest BCUT2D eigenvalue weighted by Gasteiger charge is 2.15.